The number of ether oxygens (including phenoxy) is 4. The molecule has 1 saturated carbocycles. The van der Waals surface area contributed by atoms with Gasteiger partial charge in [-0.3, -0.25) is 4.79 Å². The monoisotopic (exact) mass is 467 g/mol. The van der Waals surface area contributed by atoms with Crippen molar-refractivity contribution in [1.29, 1.82) is 0 Å². The van der Waals surface area contributed by atoms with Crippen LogP contribution < -0.4 is 9.64 Å². The van der Waals surface area contributed by atoms with Crippen molar-refractivity contribution in [2.45, 2.75) is 58.4 Å². The highest BCUT2D eigenvalue weighted by molar-refractivity contribution is 6.04. The van der Waals surface area contributed by atoms with Crippen molar-refractivity contribution in [1.82, 2.24) is 0 Å². The van der Waals surface area contributed by atoms with Gasteiger partial charge in [0.1, 0.15) is 0 Å². The molecule has 1 aromatic rings. The summed E-state index contributed by atoms with van der Waals surface area (Å²) in [6.07, 6.45) is 5.04. The van der Waals surface area contributed by atoms with Crippen molar-refractivity contribution in [3.8, 4) is 5.75 Å². The lowest BCUT2D eigenvalue weighted by Crippen LogP contribution is -2.49. The van der Waals surface area contributed by atoms with Crippen molar-refractivity contribution >= 4 is 17.6 Å². The molecule has 0 atom stereocenters. The fourth-order valence-corrected chi connectivity index (χ4v) is 4.23. The van der Waals surface area contributed by atoms with Gasteiger partial charge in [-0.05, 0) is 44.1 Å². The number of esters is 1. The molecule has 1 aliphatic carbocycles. The second kappa shape index (κ2) is 13.5. The van der Waals surface area contributed by atoms with Gasteiger partial charge in [-0.15, -0.1) is 0 Å². The van der Waals surface area contributed by atoms with Gasteiger partial charge < -0.3 is 23.8 Å². The van der Waals surface area contributed by atoms with Crippen molar-refractivity contribution in [3.63, 3.8) is 0 Å². The number of hydrogen-bond donors (Lipinski definition) is 0. The third-order valence-electron chi connectivity index (χ3n) is 6.16. The molecule has 0 aromatic heterocycles. The SMILES string of the molecule is CCCCOc1cc(C(=O)OC)c(N(C(=O)C2CCC(C)CC2)C(COC)COC)cc1F. The maximum absolute atomic E-state index is 15.1. The first-order valence-electron chi connectivity index (χ1n) is 11.7. The molecule has 1 aliphatic rings. The van der Waals surface area contributed by atoms with Gasteiger partial charge in [-0.1, -0.05) is 20.3 Å². The van der Waals surface area contributed by atoms with E-state index in [1.165, 1.54) is 38.4 Å². The first-order chi connectivity index (χ1) is 15.9. The molecule has 0 bridgehead atoms. The van der Waals surface area contributed by atoms with E-state index >= 15 is 4.39 Å². The van der Waals surface area contributed by atoms with Crippen LogP contribution in [0.2, 0.25) is 0 Å². The highest BCUT2D eigenvalue weighted by Gasteiger charge is 2.36. The second-order valence-corrected chi connectivity index (χ2v) is 8.72. The quantitative estimate of drug-likeness (QED) is 0.330. The van der Waals surface area contributed by atoms with Crippen LogP contribution in [-0.4, -0.2) is 59.1 Å². The highest BCUT2D eigenvalue weighted by atomic mass is 19.1. The van der Waals surface area contributed by atoms with Crippen LogP contribution in [-0.2, 0) is 19.0 Å². The average Bonchev–Trinajstić information content (AvgIpc) is 2.80. The van der Waals surface area contributed by atoms with E-state index in [9.17, 15) is 9.59 Å². The molecule has 7 nitrogen and oxygen atoms in total. The molecule has 0 aliphatic heterocycles. The first kappa shape index (κ1) is 27.1. The highest BCUT2D eigenvalue weighted by Crippen LogP contribution is 2.35. The number of benzene rings is 1. The van der Waals surface area contributed by atoms with Crippen LogP contribution in [0.1, 0.15) is 62.7 Å². The minimum atomic E-state index is -0.672. The van der Waals surface area contributed by atoms with Crippen LogP contribution in [0.15, 0.2) is 12.1 Å². The van der Waals surface area contributed by atoms with Crippen LogP contribution >= 0.6 is 0 Å². The molecule has 0 unspecified atom stereocenters. The molecular formula is C25H38FNO6. The topological polar surface area (TPSA) is 74.3 Å². The standard InChI is InChI=1S/C25H38FNO6/c1-6-7-12-33-23-13-20(25(29)32-5)22(14-21(23)26)27(19(15-30-3)16-31-4)24(28)18-10-8-17(2)9-11-18/h13-14,17-19H,6-12,15-16H2,1-5H3. The number of carbonyl (C=O) groups is 2. The minimum absolute atomic E-state index is 0.0403. The Labute approximate surface area is 196 Å². The summed E-state index contributed by atoms with van der Waals surface area (Å²) in [5.74, 6) is -1.16. The third-order valence-corrected chi connectivity index (χ3v) is 6.16. The minimum Gasteiger partial charge on any atom is -0.490 e. The molecule has 0 N–H and O–H groups in total. The Morgan fingerprint density at radius 2 is 1.73 bits per heavy atom. The van der Waals surface area contributed by atoms with Crippen LogP contribution in [0, 0.1) is 17.7 Å². The maximum atomic E-state index is 15.1. The molecule has 0 radical (unpaired) electrons. The average molecular weight is 468 g/mol. The van der Waals surface area contributed by atoms with Gasteiger partial charge in [0.2, 0.25) is 5.91 Å². The third kappa shape index (κ3) is 7.14. The Balaban J connectivity index is 2.55. The molecule has 1 fully saturated rings. The van der Waals surface area contributed by atoms with Gasteiger partial charge >= 0.3 is 5.97 Å². The molecule has 1 aromatic carbocycles. The number of unbranched alkanes of at least 4 members (excludes halogenated alkanes) is 1. The number of rotatable bonds is 12. The fourth-order valence-electron chi connectivity index (χ4n) is 4.23. The van der Waals surface area contributed by atoms with Crippen LogP contribution in [0.3, 0.4) is 0 Å². The van der Waals surface area contributed by atoms with Gasteiger partial charge in [0.05, 0.1) is 44.2 Å². The molecule has 0 saturated heterocycles. The normalized spacial score (nSPS) is 18.3. The summed E-state index contributed by atoms with van der Waals surface area (Å²) >= 11 is 0. The molecule has 0 heterocycles. The summed E-state index contributed by atoms with van der Waals surface area (Å²) in [7, 11) is 4.31. The number of methoxy groups -OCH3 is 3. The lowest BCUT2D eigenvalue weighted by atomic mass is 9.82. The largest absolute Gasteiger partial charge is 0.490 e. The summed E-state index contributed by atoms with van der Waals surface area (Å²) in [5, 5.41) is 0. The van der Waals surface area contributed by atoms with Crippen LogP contribution in [0.25, 0.3) is 0 Å². The number of nitrogens with zero attached hydrogens (tertiary/aromatic N) is 1. The predicted molar refractivity (Wildman–Crippen MR) is 124 cm³/mol. The van der Waals surface area contributed by atoms with Gasteiger partial charge in [-0.25, -0.2) is 9.18 Å². The van der Waals surface area contributed by atoms with Gasteiger partial charge in [-0.2, -0.15) is 0 Å². The Morgan fingerprint density at radius 3 is 2.27 bits per heavy atom. The Hall–Kier alpha value is -2.19. The van der Waals surface area contributed by atoms with E-state index in [1.54, 1.807) is 0 Å². The number of halogens is 1. The summed E-state index contributed by atoms with van der Waals surface area (Å²) in [5.41, 5.74) is 0.213. The molecule has 1 amide bonds. The van der Waals surface area contributed by atoms with E-state index in [4.69, 9.17) is 18.9 Å². The lowest BCUT2D eigenvalue weighted by Gasteiger charge is -2.36. The Kier molecular flexibility index (Phi) is 11.1. The molecule has 0 spiro atoms. The second-order valence-electron chi connectivity index (χ2n) is 8.72. The first-order valence-corrected chi connectivity index (χ1v) is 11.7. The summed E-state index contributed by atoms with van der Waals surface area (Å²) in [6.45, 7) is 4.84. The van der Waals surface area contributed by atoms with Crippen molar-refractivity contribution in [3.05, 3.63) is 23.5 Å². The zero-order valence-electron chi connectivity index (χ0n) is 20.5. The number of anilines is 1. The predicted octanol–water partition coefficient (Wildman–Crippen LogP) is 4.61. The fraction of sp³-hybridized carbons (Fsp3) is 0.680. The molecule has 33 heavy (non-hydrogen) atoms. The number of carbonyl (C=O) groups excluding carboxylic acids is 2. The number of amides is 1. The summed E-state index contributed by atoms with van der Waals surface area (Å²) in [4.78, 5) is 28.0. The van der Waals surface area contributed by atoms with Crippen molar-refractivity contribution in [2.24, 2.45) is 11.8 Å². The van der Waals surface area contributed by atoms with Crippen molar-refractivity contribution in [2.75, 3.05) is 46.0 Å². The van der Waals surface area contributed by atoms with E-state index < -0.39 is 17.8 Å². The molecule has 8 heteroatoms. The van der Waals surface area contributed by atoms with E-state index in [-0.39, 0.29) is 42.0 Å². The molecular weight excluding hydrogens is 429 g/mol. The maximum Gasteiger partial charge on any atom is 0.340 e. The zero-order valence-corrected chi connectivity index (χ0v) is 20.5. The smallest absolute Gasteiger partial charge is 0.340 e. The Bertz CT molecular complexity index is 772. The number of hydrogen-bond acceptors (Lipinski definition) is 6. The Morgan fingerprint density at radius 1 is 1.09 bits per heavy atom. The van der Waals surface area contributed by atoms with Crippen LogP contribution in [0.4, 0.5) is 10.1 Å². The van der Waals surface area contributed by atoms with Crippen molar-refractivity contribution < 1.29 is 32.9 Å². The molecule has 2 rings (SSSR count). The zero-order chi connectivity index (χ0) is 24.4. The summed E-state index contributed by atoms with van der Waals surface area (Å²) in [6, 6.07) is 1.97. The van der Waals surface area contributed by atoms with E-state index in [2.05, 4.69) is 6.92 Å². The van der Waals surface area contributed by atoms with E-state index in [0.29, 0.717) is 12.5 Å². The van der Waals surface area contributed by atoms with Gasteiger partial charge in [0.15, 0.2) is 11.6 Å². The van der Waals surface area contributed by atoms with Gasteiger partial charge in [0, 0.05) is 26.2 Å². The molecule has 186 valence electrons. The van der Waals surface area contributed by atoms with Crippen LogP contribution in [0.5, 0.6) is 5.75 Å². The van der Waals surface area contributed by atoms with E-state index in [0.717, 1.165) is 38.5 Å². The summed E-state index contributed by atoms with van der Waals surface area (Å²) < 4.78 is 36.3. The van der Waals surface area contributed by atoms with E-state index in [1.807, 2.05) is 6.92 Å². The lowest BCUT2D eigenvalue weighted by molar-refractivity contribution is -0.124. The van der Waals surface area contributed by atoms with Gasteiger partial charge in [0.25, 0.3) is 0 Å².